The van der Waals surface area contributed by atoms with E-state index in [0.717, 1.165) is 17.7 Å². The lowest BCUT2D eigenvalue weighted by Crippen LogP contribution is -2.10. The number of ketones is 1. The molecule has 0 aliphatic carbocycles. The number of carboxylic acid groups (broad SMARTS) is 1. The highest BCUT2D eigenvalue weighted by molar-refractivity contribution is 6.01. The van der Waals surface area contributed by atoms with E-state index in [4.69, 9.17) is 20.3 Å². The maximum absolute atomic E-state index is 12.3. The molecule has 2 rings (SSSR count). The van der Waals surface area contributed by atoms with Crippen LogP contribution in [0.1, 0.15) is 22.3 Å². The van der Waals surface area contributed by atoms with Gasteiger partial charge in [0.2, 0.25) is 0 Å². The van der Waals surface area contributed by atoms with Crippen molar-refractivity contribution in [3.63, 3.8) is 0 Å². The largest absolute Gasteiger partial charge is 0.507 e. The zero-order chi connectivity index (χ0) is 19.3. The van der Waals surface area contributed by atoms with Gasteiger partial charge in [-0.2, -0.15) is 0 Å². The summed E-state index contributed by atoms with van der Waals surface area (Å²) in [5, 5.41) is 28.5. The van der Waals surface area contributed by atoms with E-state index >= 15 is 0 Å². The van der Waals surface area contributed by atoms with Crippen LogP contribution < -0.4 is 15.2 Å². The number of aliphatic carboxylic acids is 1. The number of carbonyl (C=O) groups is 2. The molecule has 0 heterocycles. The Bertz CT molecular complexity index is 809. The van der Waals surface area contributed by atoms with E-state index in [1.807, 2.05) is 0 Å². The second kappa shape index (κ2) is 8.11. The van der Waals surface area contributed by atoms with Gasteiger partial charge in [-0.25, -0.2) is 4.79 Å². The molecule has 0 bridgehead atoms. The maximum atomic E-state index is 12.3. The predicted octanol–water partition coefficient (Wildman–Crippen LogP) is 1.97. The molecule has 2 aromatic rings. The van der Waals surface area contributed by atoms with E-state index in [9.17, 15) is 19.8 Å². The first kappa shape index (κ1) is 18.9. The third-order valence-corrected chi connectivity index (χ3v) is 3.65. The fourth-order valence-corrected chi connectivity index (χ4v) is 2.42. The number of hydrogen-bond donors (Lipinski definition) is 4. The van der Waals surface area contributed by atoms with Gasteiger partial charge in [0.1, 0.15) is 28.6 Å². The third-order valence-electron chi connectivity index (χ3n) is 3.65. The highest BCUT2D eigenvalue weighted by atomic mass is 16.5. The summed E-state index contributed by atoms with van der Waals surface area (Å²) in [6, 6.07) is 7.32. The molecule has 0 aliphatic heterocycles. The first-order valence-corrected chi connectivity index (χ1v) is 7.68. The van der Waals surface area contributed by atoms with Crippen LogP contribution in [-0.2, 0) is 11.2 Å². The molecule has 0 aromatic heterocycles. The number of Topliss-reactive ketones (excluding diaryl/α,β-unsaturated/α-hetero) is 1. The van der Waals surface area contributed by atoms with Gasteiger partial charge in [-0.05, 0) is 24.1 Å². The lowest BCUT2D eigenvalue weighted by atomic mass is 10.0. The standard InChI is InChI=1S/C18H19NO7/c1-25-16-5-3-10(6-12(16)19)2-4-13(20)18-14(21)7-11(8-15(18)22)26-9-17(23)24/h3,5-8,21-22H,2,4,9,19H2,1H3,(H,23,24). The number of ether oxygens (including phenoxy) is 2. The molecule has 0 spiro atoms. The summed E-state index contributed by atoms with van der Waals surface area (Å²) >= 11 is 0. The summed E-state index contributed by atoms with van der Waals surface area (Å²) in [7, 11) is 1.50. The fraction of sp³-hybridized carbons (Fsp3) is 0.222. The number of aromatic hydroxyl groups is 2. The SMILES string of the molecule is COc1ccc(CCC(=O)c2c(O)cc(OCC(=O)O)cc2O)cc1N. The van der Waals surface area contributed by atoms with Crippen LogP contribution in [0.3, 0.4) is 0 Å². The Kier molecular flexibility index (Phi) is 5.90. The van der Waals surface area contributed by atoms with Crippen molar-refractivity contribution in [2.45, 2.75) is 12.8 Å². The number of nitrogens with two attached hydrogens (primary N) is 1. The number of carboxylic acids is 1. The molecule has 0 amide bonds. The van der Waals surface area contributed by atoms with Crippen molar-refractivity contribution < 1.29 is 34.4 Å². The molecule has 26 heavy (non-hydrogen) atoms. The van der Waals surface area contributed by atoms with Gasteiger partial charge in [0, 0.05) is 18.6 Å². The molecule has 0 saturated heterocycles. The van der Waals surface area contributed by atoms with Crippen molar-refractivity contribution in [1.29, 1.82) is 0 Å². The van der Waals surface area contributed by atoms with Crippen molar-refractivity contribution >= 4 is 17.4 Å². The quantitative estimate of drug-likeness (QED) is 0.413. The number of phenols is 2. The second-order valence-corrected chi connectivity index (χ2v) is 5.52. The van der Waals surface area contributed by atoms with Crippen LogP contribution in [0.2, 0.25) is 0 Å². The lowest BCUT2D eigenvalue weighted by molar-refractivity contribution is -0.139. The number of carbonyl (C=O) groups excluding carboxylic acids is 1. The summed E-state index contributed by atoms with van der Waals surface area (Å²) in [4.78, 5) is 22.8. The van der Waals surface area contributed by atoms with Gasteiger partial charge in [-0.1, -0.05) is 6.07 Å². The van der Waals surface area contributed by atoms with Crippen molar-refractivity contribution in [2.75, 3.05) is 19.5 Å². The molecule has 8 nitrogen and oxygen atoms in total. The van der Waals surface area contributed by atoms with Gasteiger partial charge in [-0.15, -0.1) is 0 Å². The van der Waals surface area contributed by atoms with Gasteiger partial charge < -0.3 is 30.5 Å². The minimum absolute atomic E-state index is 0.0300. The molecular formula is C18H19NO7. The number of phenolic OH excluding ortho intramolecular Hbond substituents is 2. The van der Waals surface area contributed by atoms with Crippen molar-refractivity contribution in [3.05, 3.63) is 41.5 Å². The Labute approximate surface area is 149 Å². The van der Waals surface area contributed by atoms with Crippen molar-refractivity contribution in [2.24, 2.45) is 0 Å². The summed E-state index contributed by atoms with van der Waals surface area (Å²) in [5.74, 6) is -2.16. The molecule has 0 saturated carbocycles. The minimum atomic E-state index is -1.21. The molecule has 0 fully saturated rings. The van der Waals surface area contributed by atoms with Crippen LogP contribution >= 0.6 is 0 Å². The molecule has 8 heteroatoms. The average Bonchev–Trinajstić information content (AvgIpc) is 2.57. The Morgan fingerprint density at radius 2 is 1.77 bits per heavy atom. The van der Waals surface area contributed by atoms with Crippen LogP contribution in [0.4, 0.5) is 5.69 Å². The molecular weight excluding hydrogens is 342 g/mol. The lowest BCUT2D eigenvalue weighted by Gasteiger charge is -2.10. The summed E-state index contributed by atoms with van der Waals surface area (Å²) in [6.07, 6.45) is 0.380. The Morgan fingerprint density at radius 1 is 1.12 bits per heavy atom. The first-order chi connectivity index (χ1) is 12.3. The molecule has 5 N–H and O–H groups in total. The topological polar surface area (TPSA) is 139 Å². The molecule has 0 atom stereocenters. The minimum Gasteiger partial charge on any atom is -0.507 e. The van der Waals surface area contributed by atoms with E-state index in [-0.39, 0.29) is 17.7 Å². The van der Waals surface area contributed by atoms with Gasteiger partial charge >= 0.3 is 5.97 Å². The zero-order valence-electron chi connectivity index (χ0n) is 14.1. The molecule has 0 unspecified atom stereocenters. The normalized spacial score (nSPS) is 10.3. The Morgan fingerprint density at radius 3 is 2.31 bits per heavy atom. The number of hydrogen-bond acceptors (Lipinski definition) is 7. The van der Waals surface area contributed by atoms with Crippen LogP contribution in [-0.4, -0.2) is 40.8 Å². The van der Waals surface area contributed by atoms with Gasteiger partial charge in [0.25, 0.3) is 0 Å². The number of aryl methyl sites for hydroxylation is 1. The van der Waals surface area contributed by atoms with Crippen LogP contribution in [0.5, 0.6) is 23.0 Å². The van der Waals surface area contributed by atoms with Crippen LogP contribution in [0.25, 0.3) is 0 Å². The Balaban J connectivity index is 2.09. The van der Waals surface area contributed by atoms with Gasteiger partial charge in [-0.3, -0.25) is 4.79 Å². The Hall–Kier alpha value is -3.42. The zero-order valence-corrected chi connectivity index (χ0v) is 14.1. The summed E-state index contributed by atoms with van der Waals surface area (Å²) in [6.45, 7) is -0.634. The van der Waals surface area contributed by atoms with Gasteiger partial charge in [0.05, 0.1) is 12.8 Å². The third kappa shape index (κ3) is 4.56. The van der Waals surface area contributed by atoms with Crippen LogP contribution in [0, 0.1) is 0 Å². The first-order valence-electron chi connectivity index (χ1n) is 7.68. The smallest absolute Gasteiger partial charge is 0.341 e. The predicted molar refractivity (Wildman–Crippen MR) is 93.0 cm³/mol. The highest BCUT2D eigenvalue weighted by Crippen LogP contribution is 2.34. The van der Waals surface area contributed by atoms with E-state index in [1.54, 1.807) is 18.2 Å². The van der Waals surface area contributed by atoms with Crippen molar-refractivity contribution in [3.8, 4) is 23.0 Å². The number of anilines is 1. The van der Waals surface area contributed by atoms with Gasteiger partial charge in [0.15, 0.2) is 12.4 Å². The number of nitrogen functional groups attached to an aromatic ring is 1. The highest BCUT2D eigenvalue weighted by Gasteiger charge is 2.18. The molecule has 0 aliphatic rings. The summed E-state index contributed by atoms with van der Waals surface area (Å²) in [5.41, 5.74) is 6.83. The van der Waals surface area contributed by atoms with E-state index in [2.05, 4.69) is 0 Å². The van der Waals surface area contributed by atoms with E-state index in [0.29, 0.717) is 17.9 Å². The van der Waals surface area contributed by atoms with Crippen LogP contribution in [0.15, 0.2) is 30.3 Å². The molecule has 2 aromatic carbocycles. The number of rotatable bonds is 8. The van der Waals surface area contributed by atoms with Crippen molar-refractivity contribution in [1.82, 2.24) is 0 Å². The fourth-order valence-electron chi connectivity index (χ4n) is 2.42. The van der Waals surface area contributed by atoms with E-state index in [1.165, 1.54) is 7.11 Å². The number of benzene rings is 2. The maximum Gasteiger partial charge on any atom is 0.341 e. The molecule has 0 radical (unpaired) electrons. The van der Waals surface area contributed by atoms with E-state index < -0.39 is 29.9 Å². The average molecular weight is 361 g/mol. The monoisotopic (exact) mass is 361 g/mol. The molecule has 138 valence electrons. The number of methoxy groups -OCH3 is 1. The second-order valence-electron chi connectivity index (χ2n) is 5.52. The summed E-state index contributed by atoms with van der Waals surface area (Å²) < 4.78 is 9.94.